The molecule has 0 saturated heterocycles. The Hall–Kier alpha value is -4.84. The number of nitrogens with zero attached hydrogens (tertiary/aromatic N) is 4. The number of rotatable bonds is 7. The van der Waals surface area contributed by atoms with Crippen LogP contribution in [0.5, 0.6) is 5.75 Å². The van der Waals surface area contributed by atoms with Gasteiger partial charge in [-0.3, -0.25) is 14.9 Å². The van der Waals surface area contributed by atoms with Gasteiger partial charge in [0.25, 0.3) is 11.2 Å². The Balaban J connectivity index is 1.69. The zero-order valence-corrected chi connectivity index (χ0v) is 20.3. The first-order valence-corrected chi connectivity index (χ1v) is 11.5. The molecule has 0 aliphatic heterocycles. The molecule has 0 aliphatic rings. The molecule has 0 spiro atoms. The molecular weight excluding hydrogens is 548 g/mol. The van der Waals surface area contributed by atoms with E-state index >= 15 is 0 Å². The van der Waals surface area contributed by atoms with Crippen LogP contribution in [-0.2, 0) is 4.79 Å². The molecule has 0 amide bonds. The van der Waals surface area contributed by atoms with Crippen LogP contribution in [0, 0.1) is 10.1 Å². The van der Waals surface area contributed by atoms with Gasteiger partial charge in [0, 0.05) is 27.6 Å². The van der Waals surface area contributed by atoms with Gasteiger partial charge in [-0.1, -0.05) is 28.1 Å². The van der Waals surface area contributed by atoms with Crippen LogP contribution in [0.4, 0.5) is 5.69 Å². The highest BCUT2D eigenvalue weighted by Crippen LogP contribution is 2.29. The second-order valence-electron chi connectivity index (χ2n) is 7.77. The highest BCUT2D eigenvalue weighted by Gasteiger charge is 2.17. The van der Waals surface area contributed by atoms with E-state index in [2.05, 4.69) is 26.0 Å². The van der Waals surface area contributed by atoms with Crippen molar-refractivity contribution in [2.45, 2.75) is 0 Å². The van der Waals surface area contributed by atoms with Gasteiger partial charge in [-0.25, -0.2) is 9.78 Å². The molecule has 0 aliphatic carbocycles. The third-order valence-electron chi connectivity index (χ3n) is 5.32. The number of furan rings is 1. The van der Waals surface area contributed by atoms with Crippen LogP contribution in [0.3, 0.4) is 0 Å². The van der Waals surface area contributed by atoms with E-state index in [-0.39, 0.29) is 28.6 Å². The summed E-state index contributed by atoms with van der Waals surface area (Å²) in [5.41, 5.74) is 0.318. The highest BCUT2D eigenvalue weighted by molar-refractivity contribution is 9.10. The number of nitro benzene ring substituents is 1. The minimum Gasteiger partial charge on any atom is -0.481 e. The summed E-state index contributed by atoms with van der Waals surface area (Å²) in [4.78, 5) is 39.7. The Morgan fingerprint density at radius 2 is 2.00 bits per heavy atom. The third kappa shape index (κ3) is 4.82. The summed E-state index contributed by atoms with van der Waals surface area (Å²) in [6.45, 7) is -0.671. The number of carboxylic acids is 1. The van der Waals surface area contributed by atoms with Crippen molar-refractivity contribution in [3.8, 4) is 17.3 Å². The molecule has 0 unspecified atom stereocenters. The van der Waals surface area contributed by atoms with Crippen molar-refractivity contribution in [3.63, 3.8) is 0 Å². The van der Waals surface area contributed by atoms with Crippen molar-refractivity contribution in [2.75, 3.05) is 6.61 Å². The van der Waals surface area contributed by atoms with Gasteiger partial charge in [-0.15, -0.1) is 0 Å². The summed E-state index contributed by atoms with van der Waals surface area (Å²) in [5, 5.41) is 25.6. The maximum atomic E-state index is 13.4. The minimum absolute atomic E-state index is 0.0358. The van der Waals surface area contributed by atoms with E-state index in [4.69, 9.17) is 14.3 Å². The topological polar surface area (TPSA) is 150 Å². The first-order chi connectivity index (χ1) is 17.8. The number of hydrogen-bond donors (Lipinski definition) is 1. The number of aromatic nitrogens is 2. The molecule has 11 nitrogen and oxygen atoms in total. The fourth-order valence-corrected chi connectivity index (χ4v) is 4.03. The van der Waals surface area contributed by atoms with Crippen LogP contribution >= 0.6 is 15.9 Å². The number of para-hydroxylation sites is 1. The van der Waals surface area contributed by atoms with E-state index < -0.39 is 23.1 Å². The molecule has 3 aromatic carbocycles. The molecule has 0 radical (unpaired) electrons. The lowest BCUT2D eigenvalue weighted by Gasteiger charge is -2.09. The fourth-order valence-electron chi connectivity index (χ4n) is 3.66. The van der Waals surface area contributed by atoms with Gasteiger partial charge >= 0.3 is 5.97 Å². The number of aliphatic carboxylic acids is 1. The van der Waals surface area contributed by atoms with Gasteiger partial charge in [-0.2, -0.15) is 9.78 Å². The van der Waals surface area contributed by atoms with Crippen LogP contribution in [0.15, 0.2) is 85.5 Å². The molecular formula is C25H15BrN4O7. The van der Waals surface area contributed by atoms with Gasteiger partial charge in [0.15, 0.2) is 12.4 Å². The normalized spacial score (nSPS) is 11.4. The summed E-state index contributed by atoms with van der Waals surface area (Å²) in [6, 6.07) is 17.5. The second-order valence-corrected chi connectivity index (χ2v) is 8.68. The summed E-state index contributed by atoms with van der Waals surface area (Å²) >= 11 is 3.42. The third-order valence-corrected chi connectivity index (χ3v) is 5.81. The monoisotopic (exact) mass is 562 g/mol. The number of hydrogen-bond acceptors (Lipinski definition) is 8. The van der Waals surface area contributed by atoms with E-state index in [0.717, 1.165) is 14.5 Å². The van der Waals surface area contributed by atoms with E-state index in [9.17, 15) is 19.7 Å². The van der Waals surface area contributed by atoms with Crippen molar-refractivity contribution in [1.29, 1.82) is 0 Å². The van der Waals surface area contributed by atoms with Crippen LogP contribution in [0.1, 0.15) is 5.56 Å². The number of ether oxygens (including phenoxy) is 1. The standard InChI is InChI=1S/C25H15BrN4O7/c26-16-5-7-21-14(9-16)11-22(37-21)24-28-19-4-2-1-3-18(19)25(33)29(24)27-12-15-10-17(30(34)35)6-8-20(15)36-13-23(31)32/h1-12H,13H2,(H,31,32). The zero-order chi connectivity index (χ0) is 26.1. The van der Waals surface area contributed by atoms with Gasteiger partial charge in [0.2, 0.25) is 5.82 Å². The number of non-ortho nitro benzene ring substituents is 1. The van der Waals surface area contributed by atoms with Crippen LogP contribution < -0.4 is 10.3 Å². The average molecular weight is 563 g/mol. The molecule has 12 heteroatoms. The average Bonchev–Trinajstić information content (AvgIpc) is 3.30. The molecule has 37 heavy (non-hydrogen) atoms. The van der Waals surface area contributed by atoms with Crippen LogP contribution in [0.2, 0.25) is 0 Å². The zero-order valence-electron chi connectivity index (χ0n) is 18.7. The first-order valence-electron chi connectivity index (χ1n) is 10.7. The van der Waals surface area contributed by atoms with Crippen molar-refractivity contribution in [3.05, 3.63) is 97.2 Å². The van der Waals surface area contributed by atoms with Gasteiger partial charge in [-0.05, 0) is 42.5 Å². The van der Waals surface area contributed by atoms with Gasteiger partial charge in [0.1, 0.15) is 11.3 Å². The smallest absolute Gasteiger partial charge is 0.341 e. The Morgan fingerprint density at radius 3 is 2.78 bits per heavy atom. The van der Waals surface area contributed by atoms with Gasteiger partial charge < -0.3 is 14.3 Å². The number of fused-ring (bicyclic) bond motifs is 2. The lowest BCUT2D eigenvalue weighted by molar-refractivity contribution is -0.384. The van der Waals surface area contributed by atoms with Crippen molar-refractivity contribution >= 4 is 55.7 Å². The number of carbonyl (C=O) groups is 1. The SMILES string of the molecule is O=C(O)COc1ccc([N+](=O)[O-])cc1C=Nn1c(-c2cc3cc(Br)ccc3o2)nc2ccccc2c1=O. The molecule has 184 valence electrons. The Bertz CT molecular complexity index is 1790. The molecule has 0 saturated carbocycles. The molecule has 2 aromatic heterocycles. The second kappa shape index (κ2) is 9.66. The Labute approximate surface area is 215 Å². The molecule has 5 aromatic rings. The van der Waals surface area contributed by atoms with E-state index in [1.165, 1.54) is 24.4 Å². The number of carboxylic acid groups (broad SMARTS) is 1. The van der Waals surface area contributed by atoms with E-state index in [0.29, 0.717) is 16.5 Å². The molecule has 5 rings (SSSR count). The maximum Gasteiger partial charge on any atom is 0.341 e. The predicted octanol–water partition coefficient (Wildman–Crippen LogP) is 4.83. The summed E-state index contributed by atoms with van der Waals surface area (Å²) < 4.78 is 13.1. The maximum absolute atomic E-state index is 13.4. The summed E-state index contributed by atoms with van der Waals surface area (Å²) in [7, 11) is 0. The largest absolute Gasteiger partial charge is 0.481 e. The molecule has 1 N–H and O–H groups in total. The van der Waals surface area contributed by atoms with Crippen molar-refractivity contribution < 1.29 is 24.0 Å². The van der Waals surface area contributed by atoms with Crippen molar-refractivity contribution in [1.82, 2.24) is 9.66 Å². The van der Waals surface area contributed by atoms with Crippen molar-refractivity contribution in [2.24, 2.45) is 5.10 Å². The van der Waals surface area contributed by atoms with Crippen LogP contribution in [-0.4, -0.2) is 38.5 Å². The summed E-state index contributed by atoms with van der Waals surface area (Å²) in [5.74, 6) is -0.816. The number of halogens is 1. The molecule has 0 atom stereocenters. The van der Waals surface area contributed by atoms with Crippen LogP contribution in [0.25, 0.3) is 33.5 Å². The predicted molar refractivity (Wildman–Crippen MR) is 138 cm³/mol. The molecule has 0 bridgehead atoms. The fraction of sp³-hybridized carbons (Fsp3) is 0.0400. The number of nitro groups is 1. The number of benzene rings is 3. The quantitative estimate of drug-likeness (QED) is 0.168. The molecule has 2 heterocycles. The highest BCUT2D eigenvalue weighted by atomic mass is 79.9. The lowest BCUT2D eigenvalue weighted by Crippen LogP contribution is -2.20. The minimum atomic E-state index is -1.23. The lowest BCUT2D eigenvalue weighted by atomic mass is 10.2. The van der Waals surface area contributed by atoms with Gasteiger partial charge in [0.05, 0.1) is 22.0 Å². The Morgan fingerprint density at radius 1 is 1.19 bits per heavy atom. The Kier molecular flexibility index (Phi) is 6.24. The molecule has 0 fully saturated rings. The summed E-state index contributed by atoms with van der Waals surface area (Å²) in [6.07, 6.45) is 1.17. The first kappa shape index (κ1) is 23.9. The van der Waals surface area contributed by atoms with E-state index in [1.807, 2.05) is 12.1 Å². The van der Waals surface area contributed by atoms with E-state index in [1.54, 1.807) is 36.4 Å².